The molecule has 0 unspecified atom stereocenters. The van der Waals surface area contributed by atoms with Gasteiger partial charge >= 0.3 is 8.32 Å². The van der Waals surface area contributed by atoms with Crippen molar-refractivity contribution < 1.29 is 8.82 Å². The summed E-state index contributed by atoms with van der Waals surface area (Å²) in [7, 11) is -2.76. The molecule has 3 aromatic rings. The number of hydrogen-bond acceptors (Lipinski definition) is 1. The molecule has 0 saturated heterocycles. The minimum Gasteiger partial charge on any atom is -0.532 e. The first-order valence-corrected chi connectivity index (χ1v) is 10.4. The van der Waals surface area contributed by atoms with Crippen LogP contribution in [0.5, 0.6) is 5.75 Å². The average Bonchev–Trinajstić information content (AvgIpc) is 2.61. The molecule has 0 aliphatic heterocycles. The van der Waals surface area contributed by atoms with Gasteiger partial charge in [0.25, 0.3) is 0 Å². The molecule has 0 aromatic heterocycles. The zero-order chi connectivity index (χ0) is 17.9. The largest absolute Gasteiger partial charge is 0.532 e. The van der Waals surface area contributed by atoms with Crippen LogP contribution in [0.1, 0.15) is 20.8 Å². The summed E-state index contributed by atoms with van der Waals surface area (Å²) >= 11 is 0. The highest BCUT2D eigenvalue weighted by atomic mass is 28.4. The summed E-state index contributed by atoms with van der Waals surface area (Å²) in [6.45, 7) is 6.54. The fourth-order valence-corrected chi connectivity index (χ4v) is 7.77. The van der Waals surface area contributed by atoms with Crippen molar-refractivity contribution in [3.05, 3.63) is 90.7 Å². The number of halogens is 1. The molecule has 0 fully saturated rings. The Kier molecular flexibility index (Phi) is 4.77. The van der Waals surface area contributed by atoms with E-state index in [0.29, 0.717) is 5.75 Å². The Morgan fingerprint density at radius 1 is 0.680 bits per heavy atom. The predicted octanol–water partition coefficient (Wildman–Crippen LogP) is 4.76. The molecule has 1 nitrogen and oxygen atoms in total. The van der Waals surface area contributed by atoms with E-state index in [4.69, 9.17) is 4.43 Å². The lowest BCUT2D eigenvalue weighted by atomic mass is 10.2. The molecule has 0 N–H and O–H groups in total. The smallest absolute Gasteiger partial charge is 0.320 e. The lowest BCUT2D eigenvalue weighted by Crippen LogP contribution is -2.68. The monoisotopic (exact) mass is 350 g/mol. The molecule has 0 aliphatic carbocycles. The molecule has 0 aliphatic rings. The Bertz CT molecular complexity index is 786. The summed E-state index contributed by atoms with van der Waals surface area (Å²) in [5, 5.41) is 2.09. The highest BCUT2D eigenvalue weighted by Crippen LogP contribution is 2.38. The van der Waals surface area contributed by atoms with E-state index < -0.39 is 8.32 Å². The Hall–Kier alpha value is -2.39. The standard InChI is InChI=1S/C22H23FOSi/c1-22(2,3)25(18-12-6-4-7-13-18,19-14-8-5-9-15-19)24-21-17-11-10-16-20(21)23/h4-17H,1-3H3. The second-order valence-electron chi connectivity index (χ2n) is 7.20. The number of hydrogen-bond donors (Lipinski definition) is 0. The van der Waals surface area contributed by atoms with Gasteiger partial charge in [0.1, 0.15) is 5.75 Å². The zero-order valence-corrected chi connectivity index (χ0v) is 15.9. The molecule has 0 heterocycles. The number of benzene rings is 3. The fourth-order valence-electron chi connectivity index (χ4n) is 3.34. The van der Waals surface area contributed by atoms with Crippen molar-refractivity contribution in [1.82, 2.24) is 0 Å². The van der Waals surface area contributed by atoms with E-state index in [1.165, 1.54) is 6.07 Å². The van der Waals surface area contributed by atoms with E-state index in [-0.39, 0.29) is 10.9 Å². The van der Waals surface area contributed by atoms with Crippen molar-refractivity contribution >= 4 is 18.7 Å². The van der Waals surface area contributed by atoms with Crippen LogP contribution in [0.15, 0.2) is 84.9 Å². The SMILES string of the molecule is CC(C)(C)[Si](Oc1ccccc1F)(c1ccccc1)c1ccccc1. The normalized spacial score (nSPS) is 12.0. The predicted molar refractivity (Wildman–Crippen MR) is 105 cm³/mol. The van der Waals surface area contributed by atoms with Crippen LogP contribution in [0.2, 0.25) is 5.04 Å². The second-order valence-corrected chi connectivity index (χ2v) is 11.4. The van der Waals surface area contributed by atoms with Gasteiger partial charge < -0.3 is 4.43 Å². The molecule has 0 amide bonds. The maximum Gasteiger partial charge on any atom is 0.320 e. The summed E-state index contributed by atoms with van der Waals surface area (Å²) in [6, 6.07) is 27.2. The van der Waals surface area contributed by atoms with Gasteiger partial charge in [-0.2, -0.15) is 0 Å². The van der Waals surface area contributed by atoms with E-state index >= 15 is 0 Å². The van der Waals surface area contributed by atoms with Crippen LogP contribution in [0, 0.1) is 5.82 Å². The van der Waals surface area contributed by atoms with Crippen LogP contribution in [0.25, 0.3) is 0 Å². The second kappa shape index (κ2) is 6.85. The van der Waals surface area contributed by atoms with E-state index in [2.05, 4.69) is 45.0 Å². The van der Waals surface area contributed by atoms with Crippen LogP contribution in [-0.2, 0) is 0 Å². The van der Waals surface area contributed by atoms with Crippen LogP contribution in [0.3, 0.4) is 0 Å². The molecule has 3 aromatic carbocycles. The van der Waals surface area contributed by atoms with Crippen LogP contribution >= 0.6 is 0 Å². The average molecular weight is 351 g/mol. The molecule has 3 heteroatoms. The van der Waals surface area contributed by atoms with Crippen molar-refractivity contribution in [2.75, 3.05) is 0 Å². The summed E-state index contributed by atoms with van der Waals surface area (Å²) in [5.41, 5.74) is 0. The van der Waals surface area contributed by atoms with Gasteiger partial charge in [-0.1, -0.05) is 93.6 Å². The summed E-state index contributed by atoms with van der Waals surface area (Å²) in [6.07, 6.45) is 0. The van der Waals surface area contributed by atoms with Crippen LogP contribution in [0.4, 0.5) is 4.39 Å². The maximum atomic E-state index is 14.4. The Labute approximate surface area is 150 Å². The van der Waals surface area contributed by atoms with E-state index in [1.807, 2.05) is 42.5 Å². The Morgan fingerprint density at radius 3 is 1.56 bits per heavy atom. The van der Waals surface area contributed by atoms with Gasteiger partial charge in [0.05, 0.1) is 0 Å². The van der Waals surface area contributed by atoms with Gasteiger partial charge in [-0.05, 0) is 27.5 Å². The van der Waals surface area contributed by atoms with E-state index in [0.717, 1.165) is 10.4 Å². The van der Waals surface area contributed by atoms with Crippen molar-refractivity contribution in [2.45, 2.75) is 25.8 Å². The zero-order valence-electron chi connectivity index (χ0n) is 14.9. The van der Waals surface area contributed by atoms with E-state index in [1.54, 1.807) is 12.1 Å². The van der Waals surface area contributed by atoms with Gasteiger partial charge in [0.15, 0.2) is 5.82 Å². The van der Waals surface area contributed by atoms with Crippen LogP contribution < -0.4 is 14.8 Å². The summed E-state index contributed by atoms with van der Waals surface area (Å²) in [5.74, 6) is -0.00714. The fraction of sp³-hybridized carbons (Fsp3) is 0.182. The molecule has 3 rings (SSSR count). The molecule has 0 bridgehead atoms. The Morgan fingerprint density at radius 2 is 1.12 bits per heavy atom. The van der Waals surface area contributed by atoms with Crippen LogP contribution in [-0.4, -0.2) is 8.32 Å². The molecule has 25 heavy (non-hydrogen) atoms. The molecule has 0 spiro atoms. The van der Waals surface area contributed by atoms with Gasteiger partial charge in [0, 0.05) is 0 Å². The first-order chi connectivity index (χ1) is 11.9. The molecule has 0 radical (unpaired) electrons. The van der Waals surface area contributed by atoms with Crippen molar-refractivity contribution in [3.8, 4) is 5.75 Å². The van der Waals surface area contributed by atoms with Crippen molar-refractivity contribution in [3.63, 3.8) is 0 Å². The Balaban J connectivity index is 2.28. The third-order valence-corrected chi connectivity index (χ3v) is 9.45. The highest BCUT2D eigenvalue weighted by molar-refractivity contribution is 7.00. The lowest BCUT2D eigenvalue weighted by molar-refractivity contribution is 0.469. The highest BCUT2D eigenvalue weighted by Gasteiger charge is 2.52. The van der Waals surface area contributed by atoms with Crippen molar-refractivity contribution in [2.24, 2.45) is 0 Å². The molecule has 0 atom stereocenters. The van der Waals surface area contributed by atoms with Gasteiger partial charge in [-0.25, -0.2) is 4.39 Å². The first-order valence-electron chi connectivity index (χ1n) is 8.50. The maximum absolute atomic E-state index is 14.4. The van der Waals surface area contributed by atoms with Gasteiger partial charge in [0.2, 0.25) is 0 Å². The third-order valence-electron chi connectivity index (χ3n) is 4.52. The lowest BCUT2D eigenvalue weighted by Gasteiger charge is -2.43. The third kappa shape index (κ3) is 3.24. The summed E-state index contributed by atoms with van der Waals surface area (Å²) < 4.78 is 21.1. The minimum absolute atomic E-state index is 0.183. The van der Waals surface area contributed by atoms with Gasteiger partial charge in [-0.15, -0.1) is 0 Å². The van der Waals surface area contributed by atoms with Gasteiger partial charge in [-0.3, -0.25) is 0 Å². The molecular formula is C22H23FOSi. The first kappa shape index (κ1) is 17.4. The minimum atomic E-state index is -2.76. The quantitative estimate of drug-likeness (QED) is 0.616. The summed E-state index contributed by atoms with van der Waals surface area (Å²) in [4.78, 5) is 0. The van der Waals surface area contributed by atoms with Crippen molar-refractivity contribution in [1.29, 1.82) is 0 Å². The topological polar surface area (TPSA) is 9.23 Å². The molecule has 0 saturated carbocycles. The van der Waals surface area contributed by atoms with E-state index in [9.17, 15) is 4.39 Å². The molecule has 128 valence electrons. The number of rotatable bonds is 4. The molecular weight excluding hydrogens is 327 g/mol. The number of para-hydroxylation sites is 1.